The zero-order valence-corrected chi connectivity index (χ0v) is 14.9. The van der Waals surface area contributed by atoms with Gasteiger partial charge in [0.25, 0.3) is 5.91 Å². The highest BCUT2D eigenvalue weighted by Crippen LogP contribution is 2.36. The van der Waals surface area contributed by atoms with Gasteiger partial charge >= 0.3 is 12.2 Å². The van der Waals surface area contributed by atoms with E-state index < -0.39 is 35.8 Å². The lowest BCUT2D eigenvalue weighted by atomic mass is 9.86. The molecule has 7 heteroatoms. The van der Waals surface area contributed by atoms with Crippen LogP contribution in [0.1, 0.15) is 35.6 Å². The van der Waals surface area contributed by atoms with Gasteiger partial charge in [-0.1, -0.05) is 55.0 Å². The van der Waals surface area contributed by atoms with E-state index in [1.807, 2.05) is 19.1 Å². The van der Waals surface area contributed by atoms with Crippen molar-refractivity contribution in [1.29, 1.82) is 0 Å². The third kappa shape index (κ3) is 3.29. The van der Waals surface area contributed by atoms with E-state index in [-0.39, 0.29) is 12.0 Å². The summed E-state index contributed by atoms with van der Waals surface area (Å²) in [6.45, 7) is 3.22. The van der Waals surface area contributed by atoms with E-state index >= 15 is 0 Å². The van der Waals surface area contributed by atoms with E-state index in [1.54, 1.807) is 19.1 Å². The van der Waals surface area contributed by atoms with E-state index in [4.69, 9.17) is 0 Å². The summed E-state index contributed by atoms with van der Waals surface area (Å²) in [6.07, 6.45) is -4.27. The molecular formula is C20H19F3N2O2. The van der Waals surface area contributed by atoms with Gasteiger partial charge in [0.05, 0.1) is 12.1 Å². The van der Waals surface area contributed by atoms with E-state index in [9.17, 15) is 22.8 Å². The standard InChI is InChI=1S/C20H19F3N2O2/c1-3-19(15-10-8-13(2)9-11-15)17(26)25(18(27)24-19)12-14-6-4-5-7-16(14)20(21,22)23/h4-11H,3,12H2,1-2H3,(H,24,27)/t19-/m0/s1. The van der Waals surface area contributed by atoms with Crippen LogP contribution in [0.25, 0.3) is 0 Å². The number of halogens is 3. The van der Waals surface area contributed by atoms with Gasteiger partial charge in [-0.25, -0.2) is 4.79 Å². The lowest BCUT2D eigenvalue weighted by molar-refractivity contribution is -0.139. The molecular weight excluding hydrogens is 357 g/mol. The summed E-state index contributed by atoms with van der Waals surface area (Å²) >= 11 is 0. The molecule has 2 aromatic rings. The van der Waals surface area contributed by atoms with Gasteiger partial charge in [0.1, 0.15) is 5.54 Å². The molecule has 2 aromatic carbocycles. The fraction of sp³-hybridized carbons (Fsp3) is 0.300. The number of amides is 3. The number of carbonyl (C=O) groups excluding carboxylic acids is 2. The molecule has 0 saturated carbocycles. The molecule has 4 nitrogen and oxygen atoms in total. The predicted molar refractivity (Wildman–Crippen MR) is 93.7 cm³/mol. The molecule has 0 radical (unpaired) electrons. The molecule has 3 amide bonds. The first-order valence-electron chi connectivity index (χ1n) is 8.55. The van der Waals surface area contributed by atoms with E-state index in [0.29, 0.717) is 5.56 Å². The van der Waals surface area contributed by atoms with Crippen LogP contribution in [0.4, 0.5) is 18.0 Å². The molecule has 27 heavy (non-hydrogen) atoms. The Labute approximate surface area is 155 Å². The lowest BCUT2D eigenvalue weighted by Gasteiger charge is -2.26. The summed E-state index contributed by atoms with van der Waals surface area (Å²) in [5.41, 5.74) is -0.629. The maximum absolute atomic E-state index is 13.2. The van der Waals surface area contributed by atoms with Gasteiger partial charge in [0.2, 0.25) is 0 Å². The Hall–Kier alpha value is -2.83. The number of hydrogen-bond acceptors (Lipinski definition) is 2. The molecule has 142 valence electrons. The fourth-order valence-electron chi connectivity index (χ4n) is 3.35. The van der Waals surface area contributed by atoms with Gasteiger partial charge in [-0.15, -0.1) is 0 Å². The SMILES string of the molecule is CC[C@@]1(c2ccc(C)cc2)NC(=O)N(Cc2ccccc2C(F)(F)F)C1=O. The zero-order valence-electron chi connectivity index (χ0n) is 14.9. The monoisotopic (exact) mass is 376 g/mol. The van der Waals surface area contributed by atoms with Crippen molar-refractivity contribution in [2.45, 2.75) is 38.5 Å². The van der Waals surface area contributed by atoms with Crippen molar-refractivity contribution < 1.29 is 22.8 Å². The number of aryl methyl sites for hydroxylation is 1. The summed E-state index contributed by atoms with van der Waals surface area (Å²) in [5.74, 6) is -0.546. The third-order valence-electron chi connectivity index (χ3n) is 4.90. The minimum atomic E-state index is -4.56. The summed E-state index contributed by atoms with van der Waals surface area (Å²) in [5, 5.41) is 2.69. The molecule has 1 heterocycles. The Bertz CT molecular complexity index is 878. The summed E-state index contributed by atoms with van der Waals surface area (Å²) in [7, 11) is 0. The smallest absolute Gasteiger partial charge is 0.319 e. The Balaban J connectivity index is 1.97. The number of carbonyl (C=O) groups is 2. The fourth-order valence-corrected chi connectivity index (χ4v) is 3.35. The van der Waals surface area contributed by atoms with Gasteiger partial charge in [0.15, 0.2) is 0 Å². The van der Waals surface area contributed by atoms with Crippen LogP contribution in [0.3, 0.4) is 0 Å². The Kier molecular flexibility index (Phi) is 4.71. The number of rotatable bonds is 4. The van der Waals surface area contributed by atoms with Crippen molar-refractivity contribution in [3.05, 3.63) is 70.8 Å². The first kappa shape index (κ1) is 18.9. The average Bonchev–Trinajstić information content (AvgIpc) is 2.87. The second-order valence-corrected chi connectivity index (χ2v) is 6.60. The highest BCUT2D eigenvalue weighted by Gasteiger charge is 2.51. The third-order valence-corrected chi connectivity index (χ3v) is 4.90. The summed E-state index contributed by atoms with van der Waals surface area (Å²) in [6, 6.07) is 11.4. The van der Waals surface area contributed by atoms with Crippen LogP contribution in [-0.4, -0.2) is 16.8 Å². The molecule has 0 spiro atoms. The molecule has 1 aliphatic heterocycles. The zero-order chi connectivity index (χ0) is 19.8. The van der Waals surface area contributed by atoms with Crippen LogP contribution in [0.15, 0.2) is 48.5 Å². The van der Waals surface area contributed by atoms with Crippen LogP contribution in [0, 0.1) is 6.92 Å². The van der Waals surface area contributed by atoms with Gasteiger partial charge in [-0.2, -0.15) is 13.2 Å². The largest absolute Gasteiger partial charge is 0.416 e. The minimum Gasteiger partial charge on any atom is -0.319 e. The van der Waals surface area contributed by atoms with Crippen LogP contribution in [-0.2, 0) is 23.1 Å². The first-order chi connectivity index (χ1) is 12.7. The number of nitrogens with one attached hydrogen (secondary N) is 1. The van der Waals surface area contributed by atoms with Crippen molar-refractivity contribution in [3.8, 4) is 0 Å². The Morgan fingerprint density at radius 2 is 1.67 bits per heavy atom. The maximum atomic E-state index is 13.2. The molecule has 0 unspecified atom stereocenters. The van der Waals surface area contributed by atoms with Gasteiger partial charge in [0, 0.05) is 0 Å². The van der Waals surface area contributed by atoms with Crippen molar-refractivity contribution in [2.75, 3.05) is 0 Å². The van der Waals surface area contributed by atoms with Crippen molar-refractivity contribution in [2.24, 2.45) is 0 Å². The maximum Gasteiger partial charge on any atom is 0.416 e. The van der Waals surface area contributed by atoms with Crippen molar-refractivity contribution in [3.63, 3.8) is 0 Å². The van der Waals surface area contributed by atoms with Crippen molar-refractivity contribution >= 4 is 11.9 Å². The van der Waals surface area contributed by atoms with Crippen LogP contribution < -0.4 is 5.32 Å². The number of imide groups is 1. The second kappa shape index (κ2) is 6.72. The number of nitrogens with zero attached hydrogens (tertiary/aromatic N) is 1. The molecule has 0 bridgehead atoms. The van der Waals surface area contributed by atoms with Crippen LogP contribution >= 0.6 is 0 Å². The highest BCUT2D eigenvalue weighted by molar-refractivity contribution is 6.07. The quantitative estimate of drug-likeness (QED) is 0.806. The van der Waals surface area contributed by atoms with Gasteiger partial charge in [-0.3, -0.25) is 9.69 Å². The summed E-state index contributed by atoms with van der Waals surface area (Å²) in [4.78, 5) is 26.4. The normalized spacial score (nSPS) is 20.1. The first-order valence-corrected chi connectivity index (χ1v) is 8.55. The molecule has 1 saturated heterocycles. The predicted octanol–water partition coefficient (Wildman–Crippen LogP) is 4.37. The molecule has 1 fully saturated rings. The van der Waals surface area contributed by atoms with Crippen LogP contribution in [0.2, 0.25) is 0 Å². The Morgan fingerprint density at radius 3 is 2.26 bits per heavy atom. The topological polar surface area (TPSA) is 49.4 Å². The molecule has 1 aliphatic rings. The van der Waals surface area contributed by atoms with Crippen molar-refractivity contribution in [1.82, 2.24) is 10.2 Å². The summed E-state index contributed by atoms with van der Waals surface area (Å²) < 4.78 is 39.7. The van der Waals surface area contributed by atoms with Gasteiger partial charge < -0.3 is 5.32 Å². The minimum absolute atomic E-state index is 0.121. The molecule has 0 aromatic heterocycles. The Morgan fingerprint density at radius 1 is 1.04 bits per heavy atom. The number of alkyl halides is 3. The highest BCUT2D eigenvalue weighted by atomic mass is 19.4. The number of benzene rings is 2. The molecule has 1 N–H and O–H groups in total. The molecule has 3 rings (SSSR count). The van der Waals surface area contributed by atoms with E-state index in [2.05, 4.69) is 5.32 Å². The average molecular weight is 376 g/mol. The van der Waals surface area contributed by atoms with Gasteiger partial charge in [-0.05, 0) is 30.5 Å². The van der Waals surface area contributed by atoms with E-state index in [1.165, 1.54) is 18.2 Å². The lowest BCUT2D eigenvalue weighted by Crippen LogP contribution is -2.43. The van der Waals surface area contributed by atoms with E-state index in [0.717, 1.165) is 16.5 Å². The van der Waals surface area contributed by atoms with Crippen LogP contribution in [0.5, 0.6) is 0 Å². The molecule has 0 aliphatic carbocycles. The molecule has 1 atom stereocenters. The number of urea groups is 1. The second-order valence-electron chi connectivity index (χ2n) is 6.60. The number of hydrogen-bond donors (Lipinski definition) is 1.